The van der Waals surface area contributed by atoms with Crippen molar-refractivity contribution in [2.45, 2.75) is 19.8 Å². The molecule has 0 saturated heterocycles. The van der Waals surface area contributed by atoms with E-state index >= 15 is 0 Å². The molecule has 0 radical (unpaired) electrons. The third-order valence-corrected chi connectivity index (χ3v) is 1.26. The van der Waals surface area contributed by atoms with Crippen LogP contribution in [0.5, 0.6) is 0 Å². The molecule has 0 rings (SSSR count). The largest absolute Gasteiger partial charge is 0.303 e. The second kappa shape index (κ2) is 3.63. The minimum absolute atomic E-state index is 0.275. The number of carbonyl (C=O) groups is 1. The zero-order valence-corrected chi connectivity index (χ0v) is 5.79. The number of carbonyl (C=O) groups excluding carboxylic acids is 1. The minimum Gasteiger partial charge on any atom is -0.303 e. The van der Waals surface area contributed by atoms with Gasteiger partial charge >= 0.3 is 0 Å². The van der Waals surface area contributed by atoms with Crippen molar-refractivity contribution < 1.29 is 4.79 Å². The summed E-state index contributed by atoms with van der Waals surface area (Å²) >= 11 is 0. The molecule has 3 nitrogen and oxygen atoms in total. The van der Waals surface area contributed by atoms with Gasteiger partial charge in [0.15, 0.2) is 0 Å². The van der Waals surface area contributed by atoms with Crippen LogP contribution in [-0.2, 0) is 4.79 Å². The van der Waals surface area contributed by atoms with Crippen LogP contribution in [-0.4, -0.2) is 6.29 Å². The van der Waals surface area contributed by atoms with Crippen LogP contribution in [0.4, 0.5) is 0 Å². The maximum Gasteiger partial charge on any atom is 0.141 e. The van der Waals surface area contributed by atoms with Gasteiger partial charge in [-0.05, 0) is 13.3 Å². The molecule has 0 aliphatic carbocycles. The molecule has 0 aromatic heterocycles. The van der Waals surface area contributed by atoms with Crippen LogP contribution in [0, 0.1) is 28.1 Å². The molecule has 3 heteroatoms. The predicted molar refractivity (Wildman–Crippen MR) is 34.6 cm³/mol. The topological polar surface area (TPSA) is 64.7 Å². The fourth-order valence-corrected chi connectivity index (χ4v) is 0.484. The molecule has 0 spiro atoms. The molecule has 0 aliphatic heterocycles. The van der Waals surface area contributed by atoms with E-state index in [2.05, 4.69) is 0 Å². The van der Waals surface area contributed by atoms with Crippen LogP contribution < -0.4 is 0 Å². The minimum atomic E-state index is -0.985. The molecule has 0 atom stereocenters. The molecule has 0 N–H and O–H groups in total. The van der Waals surface area contributed by atoms with Gasteiger partial charge in [-0.15, -0.1) is 0 Å². The van der Waals surface area contributed by atoms with Crippen molar-refractivity contribution >= 4 is 6.29 Å². The number of hydrogen-bond donors (Lipinski definition) is 0. The number of hydrogen-bond acceptors (Lipinski definition) is 3. The fourth-order valence-electron chi connectivity index (χ4n) is 0.484. The van der Waals surface area contributed by atoms with E-state index in [-0.39, 0.29) is 6.42 Å². The van der Waals surface area contributed by atoms with Gasteiger partial charge in [-0.25, -0.2) is 0 Å². The van der Waals surface area contributed by atoms with Gasteiger partial charge in [0.25, 0.3) is 0 Å². The average molecular weight is 136 g/mol. The molecule has 0 unspecified atom stereocenters. The third kappa shape index (κ3) is 2.28. The molecule has 0 aliphatic rings. The van der Waals surface area contributed by atoms with Crippen molar-refractivity contribution in [3.8, 4) is 12.1 Å². The lowest BCUT2D eigenvalue weighted by molar-refractivity contribution is -0.108. The van der Waals surface area contributed by atoms with Crippen molar-refractivity contribution in [3.05, 3.63) is 0 Å². The maximum atomic E-state index is 9.86. The van der Waals surface area contributed by atoms with Crippen LogP contribution in [0.1, 0.15) is 19.8 Å². The summed E-state index contributed by atoms with van der Waals surface area (Å²) in [6.45, 7) is 1.52. The SMILES string of the molecule is CC(C#N)(C#N)CCC=O. The Balaban J connectivity index is 4.00. The highest BCUT2D eigenvalue weighted by Gasteiger charge is 2.21. The van der Waals surface area contributed by atoms with E-state index in [0.29, 0.717) is 12.7 Å². The first-order valence-corrected chi connectivity index (χ1v) is 2.94. The highest BCUT2D eigenvalue weighted by Crippen LogP contribution is 2.19. The molecule has 0 aromatic carbocycles. The van der Waals surface area contributed by atoms with Gasteiger partial charge in [0.1, 0.15) is 11.7 Å². The smallest absolute Gasteiger partial charge is 0.141 e. The van der Waals surface area contributed by atoms with Gasteiger partial charge in [-0.1, -0.05) is 0 Å². The van der Waals surface area contributed by atoms with Gasteiger partial charge in [-0.2, -0.15) is 10.5 Å². The van der Waals surface area contributed by atoms with E-state index in [4.69, 9.17) is 10.5 Å². The summed E-state index contributed by atoms with van der Waals surface area (Å²) in [5.74, 6) is 0. The van der Waals surface area contributed by atoms with E-state index in [0.717, 1.165) is 0 Å². The molecular weight excluding hydrogens is 128 g/mol. The highest BCUT2D eigenvalue weighted by atomic mass is 16.1. The normalized spacial score (nSPS) is 9.50. The summed E-state index contributed by atoms with van der Waals surface area (Å²) in [7, 11) is 0. The lowest BCUT2D eigenvalue weighted by atomic mass is 9.89. The standard InChI is InChI=1S/C7H8N2O/c1-7(5-8,6-9)3-2-4-10/h4H,2-3H2,1H3. The Bertz CT molecular complexity index is 183. The van der Waals surface area contributed by atoms with Crippen LogP contribution in [0.2, 0.25) is 0 Å². The Morgan fingerprint density at radius 3 is 2.30 bits per heavy atom. The van der Waals surface area contributed by atoms with Gasteiger partial charge in [-0.3, -0.25) is 0 Å². The van der Waals surface area contributed by atoms with Crippen molar-refractivity contribution in [1.82, 2.24) is 0 Å². The lowest BCUT2D eigenvalue weighted by Crippen LogP contribution is -2.09. The average Bonchev–Trinajstić information content (AvgIpc) is 2.00. The Morgan fingerprint density at radius 1 is 1.50 bits per heavy atom. The first-order valence-electron chi connectivity index (χ1n) is 2.94. The summed E-state index contributed by atoms with van der Waals surface area (Å²) < 4.78 is 0. The van der Waals surface area contributed by atoms with Crippen molar-refractivity contribution in [2.75, 3.05) is 0 Å². The Labute approximate surface area is 59.9 Å². The second-order valence-electron chi connectivity index (χ2n) is 2.26. The quantitative estimate of drug-likeness (QED) is 0.544. The Hall–Kier alpha value is -1.35. The van der Waals surface area contributed by atoms with Gasteiger partial charge in [0, 0.05) is 6.42 Å². The summed E-state index contributed by atoms with van der Waals surface area (Å²) in [5.41, 5.74) is -0.985. The number of aldehydes is 1. The van der Waals surface area contributed by atoms with Gasteiger partial charge in [0.2, 0.25) is 0 Å². The van der Waals surface area contributed by atoms with E-state index in [1.165, 1.54) is 6.92 Å². The van der Waals surface area contributed by atoms with E-state index in [9.17, 15) is 4.79 Å². The van der Waals surface area contributed by atoms with Gasteiger partial charge in [0.05, 0.1) is 12.1 Å². The van der Waals surface area contributed by atoms with Crippen molar-refractivity contribution in [3.63, 3.8) is 0 Å². The predicted octanol–water partition coefficient (Wildman–Crippen LogP) is 1.02. The first kappa shape index (κ1) is 8.65. The number of nitrogens with zero attached hydrogens (tertiary/aromatic N) is 2. The monoisotopic (exact) mass is 136 g/mol. The molecule has 10 heavy (non-hydrogen) atoms. The van der Waals surface area contributed by atoms with E-state index in [1.807, 2.05) is 12.1 Å². The molecule has 0 bridgehead atoms. The Kier molecular flexibility index (Phi) is 3.14. The molecule has 0 heterocycles. The zero-order chi connectivity index (χ0) is 8.04. The van der Waals surface area contributed by atoms with Crippen LogP contribution >= 0.6 is 0 Å². The van der Waals surface area contributed by atoms with Crippen LogP contribution in [0.15, 0.2) is 0 Å². The lowest BCUT2D eigenvalue weighted by Gasteiger charge is -2.07. The molecule has 0 aromatic rings. The van der Waals surface area contributed by atoms with E-state index in [1.54, 1.807) is 0 Å². The van der Waals surface area contributed by atoms with Gasteiger partial charge < -0.3 is 4.79 Å². The highest BCUT2D eigenvalue weighted by molar-refractivity contribution is 5.49. The summed E-state index contributed by atoms with van der Waals surface area (Å²) in [5, 5.41) is 16.8. The fraction of sp³-hybridized carbons (Fsp3) is 0.571. The summed E-state index contributed by atoms with van der Waals surface area (Å²) in [4.78, 5) is 9.86. The summed E-state index contributed by atoms with van der Waals surface area (Å²) in [6.07, 6.45) is 1.31. The molecule has 0 fully saturated rings. The third-order valence-electron chi connectivity index (χ3n) is 1.26. The Morgan fingerprint density at radius 2 is 2.00 bits per heavy atom. The number of rotatable bonds is 3. The van der Waals surface area contributed by atoms with Crippen molar-refractivity contribution in [2.24, 2.45) is 5.41 Å². The zero-order valence-electron chi connectivity index (χ0n) is 5.79. The first-order chi connectivity index (χ1) is 4.68. The van der Waals surface area contributed by atoms with E-state index < -0.39 is 5.41 Å². The molecule has 52 valence electrons. The van der Waals surface area contributed by atoms with Crippen molar-refractivity contribution in [1.29, 1.82) is 10.5 Å². The summed E-state index contributed by atoms with van der Waals surface area (Å²) in [6, 6.07) is 3.69. The maximum absolute atomic E-state index is 9.86. The van der Waals surface area contributed by atoms with Crippen LogP contribution in [0.25, 0.3) is 0 Å². The molecule has 0 amide bonds. The van der Waals surface area contributed by atoms with Crippen LogP contribution in [0.3, 0.4) is 0 Å². The molecule has 0 saturated carbocycles. The molecular formula is C7H8N2O. The second-order valence-corrected chi connectivity index (χ2v) is 2.26. The number of nitriles is 2.